The largest absolute Gasteiger partial charge is 0.378 e. The number of halogens is 2. The monoisotopic (exact) mass is 285 g/mol. The summed E-state index contributed by atoms with van der Waals surface area (Å²) in [5.74, 6) is -0.284. The third-order valence-electron chi connectivity index (χ3n) is 3.55. The molecule has 2 nitrogen and oxygen atoms in total. The van der Waals surface area contributed by atoms with E-state index in [-0.39, 0.29) is 5.82 Å². The van der Waals surface area contributed by atoms with Crippen LogP contribution in [0, 0.1) is 5.82 Å². The van der Waals surface area contributed by atoms with Crippen molar-refractivity contribution in [3.05, 3.63) is 34.6 Å². The van der Waals surface area contributed by atoms with Crippen molar-refractivity contribution in [2.24, 2.45) is 0 Å². The molecule has 2 unspecified atom stereocenters. The normalized spacial score (nSPS) is 20.7. The third kappa shape index (κ3) is 4.44. The molecule has 1 heterocycles. The lowest BCUT2D eigenvalue weighted by molar-refractivity contribution is 0.0948. The van der Waals surface area contributed by atoms with E-state index in [4.69, 9.17) is 16.3 Å². The lowest BCUT2D eigenvalue weighted by Crippen LogP contribution is -2.34. The highest BCUT2D eigenvalue weighted by Crippen LogP contribution is 2.22. The average molecular weight is 286 g/mol. The van der Waals surface area contributed by atoms with Crippen molar-refractivity contribution in [2.75, 3.05) is 13.2 Å². The molecule has 0 spiro atoms. The van der Waals surface area contributed by atoms with Gasteiger partial charge >= 0.3 is 0 Å². The van der Waals surface area contributed by atoms with Crippen LogP contribution in [0.25, 0.3) is 0 Å². The van der Waals surface area contributed by atoms with Gasteiger partial charge in [-0.15, -0.1) is 0 Å². The van der Waals surface area contributed by atoms with E-state index < -0.39 is 0 Å². The summed E-state index contributed by atoms with van der Waals surface area (Å²) in [7, 11) is 0. The van der Waals surface area contributed by atoms with Crippen LogP contribution in [0.2, 0.25) is 5.02 Å². The Bertz CT molecular complexity index is 407. The summed E-state index contributed by atoms with van der Waals surface area (Å²) < 4.78 is 18.7. The molecule has 106 valence electrons. The van der Waals surface area contributed by atoms with Crippen LogP contribution in [-0.4, -0.2) is 25.3 Å². The van der Waals surface area contributed by atoms with Gasteiger partial charge in [-0.05, 0) is 49.9 Å². The molecule has 1 aromatic carbocycles. The van der Waals surface area contributed by atoms with Gasteiger partial charge < -0.3 is 10.1 Å². The molecule has 1 fully saturated rings. The molecular weight excluding hydrogens is 265 g/mol. The summed E-state index contributed by atoms with van der Waals surface area (Å²) in [4.78, 5) is 0. The summed E-state index contributed by atoms with van der Waals surface area (Å²) in [5, 5.41) is 3.98. The van der Waals surface area contributed by atoms with Crippen molar-refractivity contribution in [3.63, 3.8) is 0 Å². The van der Waals surface area contributed by atoms with Crippen molar-refractivity contribution in [1.29, 1.82) is 0 Å². The number of rotatable bonds is 6. The van der Waals surface area contributed by atoms with E-state index in [0.717, 1.165) is 44.4 Å². The van der Waals surface area contributed by atoms with Crippen LogP contribution in [-0.2, 0) is 11.2 Å². The molecule has 1 aliphatic rings. The van der Waals surface area contributed by atoms with Crippen molar-refractivity contribution in [1.82, 2.24) is 5.32 Å². The van der Waals surface area contributed by atoms with E-state index >= 15 is 0 Å². The summed E-state index contributed by atoms with van der Waals surface area (Å²) in [6.45, 7) is 3.88. The van der Waals surface area contributed by atoms with Crippen molar-refractivity contribution >= 4 is 11.6 Å². The predicted octanol–water partition coefficient (Wildman–Crippen LogP) is 3.57. The zero-order chi connectivity index (χ0) is 13.7. The van der Waals surface area contributed by atoms with E-state index in [1.165, 1.54) is 12.1 Å². The first-order valence-corrected chi connectivity index (χ1v) is 7.35. The molecule has 1 aliphatic heterocycles. The van der Waals surface area contributed by atoms with E-state index in [1.807, 2.05) is 0 Å². The lowest BCUT2D eigenvalue weighted by Gasteiger charge is -2.21. The second-order valence-electron chi connectivity index (χ2n) is 5.07. The Balaban J connectivity index is 1.98. The molecule has 1 N–H and O–H groups in total. The number of hydrogen-bond acceptors (Lipinski definition) is 2. The quantitative estimate of drug-likeness (QED) is 0.863. The van der Waals surface area contributed by atoms with E-state index in [2.05, 4.69) is 12.2 Å². The Morgan fingerprint density at radius 2 is 2.37 bits per heavy atom. The molecular formula is C15H21ClFNO. The molecule has 2 atom stereocenters. The van der Waals surface area contributed by atoms with Crippen LogP contribution in [0.5, 0.6) is 0 Å². The van der Waals surface area contributed by atoms with Crippen LogP contribution < -0.4 is 5.32 Å². The first kappa shape index (κ1) is 14.8. The Kier molecular flexibility index (Phi) is 5.61. The Labute approximate surface area is 119 Å². The van der Waals surface area contributed by atoms with Crippen LogP contribution in [0.3, 0.4) is 0 Å². The number of hydrogen-bond donors (Lipinski definition) is 1. The number of benzene rings is 1. The molecule has 0 saturated carbocycles. The van der Waals surface area contributed by atoms with Crippen LogP contribution in [0.1, 0.15) is 31.7 Å². The fourth-order valence-corrected chi connectivity index (χ4v) is 2.87. The summed E-state index contributed by atoms with van der Waals surface area (Å²) in [6.07, 6.45) is 4.44. The molecule has 0 aromatic heterocycles. The smallest absolute Gasteiger partial charge is 0.124 e. The fraction of sp³-hybridized carbons (Fsp3) is 0.600. The highest BCUT2D eigenvalue weighted by atomic mass is 35.5. The summed E-state index contributed by atoms with van der Waals surface area (Å²) in [5.41, 5.74) is 0.993. The van der Waals surface area contributed by atoms with Gasteiger partial charge in [0.2, 0.25) is 0 Å². The third-order valence-corrected chi connectivity index (χ3v) is 3.90. The minimum atomic E-state index is -0.284. The predicted molar refractivity (Wildman–Crippen MR) is 76.2 cm³/mol. The van der Waals surface area contributed by atoms with Gasteiger partial charge in [-0.25, -0.2) is 4.39 Å². The Hall–Kier alpha value is -0.640. The zero-order valence-electron chi connectivity index (χ0n) is 11.3. The van der Waals surface area contributed by atoms with Gasteiger partial charge in [-0.3, -0.25) is 0 Å². The molecule has 1 aromatic rings. The highest BCUT2D eigenvalue weighted by Gasteiger charge is 2.21. The van der Waals surface area contributed by atoms with E-state index in [0.29, 0.717) is 17.2 Å². The first-order chi connectivity index (χ1) is 9.19. The van der Waals surface area contributed by atoms with Crippen LogP contribution in [0.15, 0.2) is 18.2 Å². The molecule has 0 aliphatic carbocycles. The van der Waals surface area contributed by atoms with Gasteiger partial charge in [0.15, 0.2) is 0 Å². The fourth-order valence-electron chi connectivity index (χ4n) is 2.63. The SMILES string of the molecule is CCNC(Cc1ccc(F)cc1Cl)CC1CCCO1. The maximum Gasteiger partial charge on any atom is 0.124 e. The maximum absolute atomic E-state index is 13.0. The minimum Gasteiger partial charge on any atom is -0.378 e. The summed E-state index contributed by atoms with van der Waals surface area (Å²) in [6, 6.07) is 4.95. The molecule has 4 heteroatoms. The zero-order valence-corrected chi connectivity index (χ0v) is 12.0. The molecule has 0 radical (unpaired) electrons. The van der Waals surface area contributed by atoms with E-state index in [9.17, 15) is 4.39 Å². The van der Waals surface area contributed by atoms with Crippen molar-refractivity contribution in [2.45, 2.75) is 44.8 Å². The Morgan fingerprint density at radius 3 is 3.00 bits per heavy atom. The Morgan fingerprint density at radius 1 is 1.53 bits per heavy atom. The van der Waals surface area contributed by atoms with E-state index in [1.54, 1.807) is 6.07 Å². The van der Waals surface area contributed by atoms with Gasteiger partial charge in [-0.2, -0.15) is 0 Å². The molecule has 0 bridgehead atoms. The molecule has 1 saturated heterocycles. The lowest BCUT2D eigenvalue weighted by atomic mass is 9.99. The van der Waals surface area contributed by atoms with Crippen LogP contribution in [0.4, 0.5) is 4.39 Å². The summed E-state index contributed by atoms with van der Waals surface area (Å²) >= 11 is 6.09. The number of ether oxygens (including phenoxy) is 1. The van der Waals surface area contributed by atoms with Gasteiger partial charge in [0, 0.05) is 17.7 Å². The second kappa shape index (κ2) is 7.22. The van der Waals surface area contributed by atoms with Gasteiger partial charge in [0.05, 0.1) is 6.10 Å². The topological polar surface area (TPSA) is 21.3 Å². The second-order valence-corrected chi connectivity index (χ2v) is 5.47. The first-order valence-electron chi connectivity index (χ1n) is 6.98. The molecule has 0 amide bonds. The number of nitrogens with one attached hydrogen (secondary N) is 1. The number of likely N-dealkylation sites (N-methyl/N-ethyl adjacent to an activating group) is 1. The molecule has 2 rings (SSSR count). The maximum atomic E-state index is 13.0. The minimum absolute atomic E-state index is 0.284. The average Bonchev–Trinajstić information content (AvgIpc) is 2.86. The standard InChI is InChI=1S/C15H21ClFNO/c1-2-18-13(10-14-4-3-7-19-14)8-11-5-6-12(17)9-15(11)16/h5-6,9,13-14,18H,2-4,7-8,10H2,1H3. The van der Waals surface area contributed by atoms with Gasteiger partial charge in [0.1, 0.15) is 5.82 Å². The molecule has 19 heavy (non-hydrogen) atoms. The van der Waals surface area contributed by atoms with Crippen molar-refractivity contribution in [3.8, 4) is 0 Å². The van der Waals surface area contributed by atoms with Crippen LogP contribution >= 0.6 is 11.6 Å². The van der Waals surface area contributed by atoms with Crippen molar-refractivity contribution < 1.29 is 9.13 Å². The highest BCUT2D eigenvalue weighted by molar-refractivity contribution is 6.31. The van der Waals surface area contributed by atoms with Gasteiger partial charge in [0.25, 0.3) is 0 Å². The van der Waals surface area contributed by atoms with Gasteiger partial charge in [-0.1, -0.05) is 24.6 Å².